The van der Waals surface area contributed by atoms with Gasteiger partial charge >= 0.3 is 5.97 Å². The number of methoxy groups -OCH3 is 1. The number of esters is 1. The summed E-state index contributed by atoms with van der Waals surface area (Å²) in [4.78, 5) is 11.5. The predicted molar refractivity (Wildman–Crippen MR) is 116 cm³/mol. The number of carbonyl (C=O) groups excluding carboxylic acids is 1. The van der Waals surface area contributed by atoms with Gasteiger partial charge in [0.25, 0.3) is 0 Å². The first-order valence-corrected chi connectivity index (χ1v) is 12.0. The normalized spacial score (nSPS) is 31.3. The minimum Gasteiger partial charge on any atom is -0.468 e. The Labute approximate surface area is 175 Å². The number of ether oxygens (including phenoxy) is 1. The van der Waals surface area contributed by atoms with Gasteiger partial charge < -0.3 is 14.9 Å². The van der Waals surface area contributed by atoms with Gasteiger partial charge in [-0.3, -0.25) is 4.79 Å². The molecule has 0 aromatic carbocycles. The van der Waals surface area contributed by atoms with Gasteiger partial charge in [-0.25, -0.2) is 0 Å². The Hall–Kier alpha value is -0.520. The second-order valence-electron chi connectivity index (χ2n) is 9.31. The molecule has 1 saturated heterocycles. The number of hydrogen-bond acceptors (Lipinski definition) is 5. The lowest BCUT2D eigenvalue weighted by atomic mass is 9.80. The Morgan fingerprint density at radius 3 is 2.64 bits per heavy atom. The first-order chi connectivity index (χ1) is 13.3. The van der Waals surface area contributed by atoms with Gasteiger partial charge in [0.05, 0.1) is 19.3 Å². The number of aliphatic hydroxyl groups is 2. The maximum Gasteiger partial charge on any atom is 0.319 e. The zero-order valence-corrected chi connectivity index (χ0v) is 18.9. The molecule has 1 aliphatic carbocycles. The van der Waals surface area contributed by atoms with E-state index >= 15 is 0 Å². The van der Waals surface area contributed by atoms with Crippen LogP contribution < -0.4 is 0 Å². The third-order valence-corrected chi connectivity index (χ3v) is 8.00. The summed E-state index contributed by atoms with van der Waals surface area (Å²) in [6.07, 6.45) is 12.9. The van der Waals surface area contributed by atoms with Crippen LogP contribution in [0.5, 0.6) is 0 Å². The Bertz CT molecular complexity index is 519. The summed E-state index contributed by atoms with van der Waals surface area (Å²) in [6, 6.07) is 0. The fraction of sp³-hybridized carbons (Fsp3) is 0.870. The van der Waals surface area contributed by atoms with Crippen LogP contribution >= 0.6 is 11.8 Å². The van der Waals surface area contributed by atoms with Crippen LogP contribution in [0, 0.1) is 17.3 Å². The van der Waals surface area contributed by atoms with Crippen LogP contribution in [0.15, 0.2) is 12.2 Å². The van der Waals surface area contributed by atoms with Gasteiger partial charge in [0.1, 0.15) is 5.25 Å². The van der Waals surface area contributed by atoms with Crippen molar-refractivity contribution < 1.29 is 19.7 Å². The molecule has 0 bridgehead atoms. The molecule has 1 aliphatic heterocycles. The molecule has 6 atom stereocenters. The molecule has 28 heavy (non-hydrogen) atoms. The monoisotopic (exact) mass is 412 g/mol. The standard InChI is InChI=1S/C23H40O4S/c1-5-6-15-23(2,3)20(25)14-12-17-16(11-13-18(17)24)9-7-8-10-19-21(28-19)22(26)27-4/h12,14,16-21,24-25H,5-11,13,15H2,1-4H3/t16-,17+,18?,19?,20?,21?/m0/s1. The van der Waals surface area contributed by atoms with Crippen LogP contribution in [0.25, 0.3) is 0 Å². The lowest BCUT2D eigenvalue weighted by Gasteiger charge is -2.29. The van der Waals surface area contributed by atoms with E-state index in [1.165, 1.54) is 7.11 Å². The molecule has 0 aromatic rings. The van der Waals surface area contributed by atoms with E-state index in [0.29, 0.717) is 11.2 Å². The molecular formula is C23H40O4S. The third kappa shape index (κ3) is 6.77. The quantitative estimate of drug-likeness (QED) is 0.210. The SMILES string of the molecule is CCCCC(C)(C)C(O)C=C[C@H]1C(O)CC[C@@H]1CCCCC1SC1C(=O)OC. The molecule has 5 heteroatoms. The molecule has 0 radical (unpaired) electrons. The smallest absolute Gasteiger partial charge is 0.319 e. The first-order valence-electron chi connectivity index (χ1n) is 11.1. The van der Waals surface area contributed by atoms with Crippen molar-refractivity contribution in [1.29, 1.82) is 0 Å². The summed E-state index contributed by atoms with van der Waals surface area (Å²) in [5, 5.41) is 21.5. The fourth-order valence-corrected chi connectivity index (χ4v) is 5.46. The molecule has 0 aromatic heterocycles. The molecule has 4 nitrogen and oxygen atoms in total. The summed E-state index contributed by atoms with van der Waals surface area (Å²) < 4.78 is 4.79. The highest BCUT2D eigenvalue weighted by Crippen LogP contribution is 2.45. The molecule has 4 unspecified atom stereocenters. The summed E-state index contributed by atoms with van der Waals surface area (Å²) in [6.45, 7) is 6.42. The minimum absolute atomic E-state index is 0.0616. The Balaban J connectivity index is 1.74. The molecule has 1 saturated carbocycles. The maximum atomic E-state index is 11.5. The van der Waals surface area contributed by atoms with Gasteiger partial charge in [0.2, 0.25) is 0 Å². The number of thioether (sulfide) groups is 1. The van der Waals surface area contributed by atoms with E-state index < -0.39 is 6.10 Å². The number of carbonyl (C=O) groups is 1. The van der Waals surface area contributed by atoms with Crippen LogP contribution in [-0.2, 0) is 9.53 Å². The zero-order chi connectivity index (χ0) is 20.7. The van der Waals surface area contributed by atoms with Crippen molar-refractivity contribution in [3.05, 3.63) is 12.2 Å². The highest BCUT2D eigenvalue weighted by Gasteiger charge is 2.44. The Morgan fingerprint density at radius 2 is 1.96 bits per heavy atom. The van der Waals surface area contributed by atoms with E-state index in [-0.39, 0.29) is 28.7 Å². The number of rotatable bonds is 12. The molecule has 2 rings (SSSR count). The summed E-state index contributed by atoms with van der Waals surface area (Å²) >= 11 is 1.72. The first kappa shape index (κ1) is 23.8. The van der Waals surface area contributed by atoms with Gasteiger partial charge in [-0.15, -0.1) is 11.8 Å². The minimum atomic E-state index is -0.463. The van der Waals surface area contributed by atoms with E-state index in [1.54, 1.807) is 11.8 Å². The summed E-state index contributed by atoms with van der Waals surface area (Å²) in [5.74, 6) is 0.578. The van der Waals surface area contributed by atoms with E-state index in [9.17, 15) is 15.0 Å². The van der Waals surface area contributed by atoms with Crippen LogP contribution in [0.1, 0.15) is 78.6 Å². The second kappa shape index (κ2) is 11.0. The Morgan fingerprint density at radius 1 is 1.25 bits per heavy atom. The van der Waals surface area contributed by atoms with Gasteiger partial charge in [0.15, 0.2) is 0 Å². The number of hydrogen-bond donors (Lipinski definition) is 2. The van der Waals surface area contributed by atoms with E-state index in [1.807, 2.05) is 6.08 Å². The molecule has 162 valence electrons. The second-order valence-corrected chi connectivity index (χ2v) is 10.7. The summed E-state index contributed by atoms with van der Waals surface area (Å²) in [7, 11) is 1.46. The molecular weight excluding hydrogens is 372 g/mol. The van der Waals surface area contributed by atoms with Gasteiger partial charge in [-0.2, -0.15) is 0 Å². The lowest BCUT2D eigenvalue weighted by Crippen LogP contribution is -2.28. The number of unbranched alkanes of at least 4 members (excludes halogenated alkanes) is 2. The van der Waals surface area contributed by atoms with Gasteiger partial charge in [0, 0.05) is 11.2 Å². The molecule has 0 spiro atoms. The topological polar surface area (TPSA) is 66.8 Å². The average molecular weight is 413 g/mol. The van der Waals surface area contributed by atoms with Crippen molar-refractivity contribution in [3.8, 4) is 0 Å². The highest BCUT2D eigenvalue weighted by molar-refractivity contribution is 8.08. The van der Waals surface area contributed by atoms with Crippen molar-refractivity contribution in [3.63, 3.8) is 0 Å². The van der Waals surface area contributed by atoms with Crippen LogP contribution in [0.2, 0.25) is 0 Å². The van der Waals surface area contributed by atoms with Crippen molar-refractivity contribution >= 4 is 17.7 Å². The number of aliphatic hydroxyl groups excluding tert-OH is 2. The molecule has 1 heterocycles. The molecule has 2 aliphatic rings. The van der Waals surface area contributed by atoms with Crippen LogP contribution in [0.4, 0.5) is 0 Å². The lowest BCUT2D eigenvalue weighted by molar-refractivity contribution is -0.139. The fourth-order valence-electron chi connectivity index (χ4n) is 4.42. The van der Waals surface area contributed by atoms with Crippen molar-refractivity contribution in [2.45, 2.75) is 101 Å². The van der Waals surface area contributed by atoms with Crippen LogP contribution in [0.3, 0.4) is 0 Å². The van der Waals surface area contributed by atoms with E-state index in [0.717, 1.165) is 57.8 Å². The van der Waals surface area contributed by atoms with E-state index in [4.69, 9.17) is 4.74 Å². The molecule has 2 fully saturated rings. The third-order valence-electron chi connectivity index (χ3n) is 6.64. The maximum absolute atomic E-state index is 11.5. The average Bonchev–Trinajstić information content (AvgIpc) is 3.37. The predicted octanol–water partition coefficient (Wildman–Crippen LogP) is 4.72. The largest absolute Gasteiger partial charge is 0.468 e. The molecule has 0 amide bonds. The Kier molecular flexibility index (Phi) is 9.36. The molecule has 2 N–H and O–H groups in total. The van der Waals surface area contributed by atoms with Crippen molar-refractivity contribution in [2.75, 3.05) is 7.11 Å². The van der Waals surface area contributed by atoms with Gasteiger partial charge in [-0.05, 0) is 43.4 Å². The summed E-state index contributed by atoms with van der Waals surface area (Å²) in [5.41, 5.74) is -0.121. The van der Waals surface area contributed by atoms with Crippen LogP contribution in [-0.4, -0.2) is 46.0 Å². The van der Waals surface area contributed by atoms with E-state index in [2.05, 4.69) is 26.8 Å². The van der Waals surface area contributed by atoms with Crippen molar-refractivity contribution in [2.24, 2.45) is 17.3 Å². The zero-order valence-electron chi connectivity index (χ0n) is 18.1. The van der Waals surface area contributed by atoms with Crippen molar-refractivity contribution in [1.82, 2.24) is 0 Å². The highest BCUT2D eigenvalue weighted by atomic mass is 32.2. The van der Waals surface area contributed by atoms with Gasteiger partial charge in [-0.1, -0.05) is 58.6 Å².